The van der Waals surface area contributed by atoms with Gasteiger partial charge in [-0.3, -0.25) is 0 Å². The predicted molar refractivity (Wildman–Crippen MR) is 102 cm³/mol. The molecule has 0 unspecified atom stereocenters. The van der Waals surface area contributed by atoms with Gasteiger partial charge in [-0.2, -0.15) is 4.57 Å². The van der Waals surface area contributed by atoms with Crippen molar-refractivity contribution in [3.8, 4) is 5.82 Å². The second-order valence-corrected chi connectivity index (χ2v) is 7.29. The lowest BCUT2D eigenvalue weighted by atomic mass is 10.3. The lowest BCUT2D eigenvalue weighted by Crippen LogP contribution is -2.21. The molecule has 0 saturated carbocycles. The van der Waals surface area contributed by atoms with E-state index in [1.165, 1.54) is 12.1 Å². The maximum Gasteiger partial charge on any atom is 0.254 e. The van der Waals surface area contributed by atoms with Crippen LogP contribution in [0.25, 0.3) is 27.8 Å². The quantitative estimate of drug-likeness (QED) is 0.500. The standard InChI is InChI=1S/C19H15N5O2S/c1-2-23-12-13-24(14-23)19-18(20-16-10-6-7-11-17(16)21-19)22-27(25,26)15-8-4-3-5-9-15/h2-14H,1H2. The van der Waals surface area contributed by atoms with Crippen LogP contribution in [-0.2, 0) is 10.0 Å². The third-order valence-corrected chi connectivity index (χ3v) is 5.18. The van der Waals surface area contributed by atoms with Crippen molar-refractivity contribution in [3.63, 3.8) is 0 Å². The Labute approximate surface area is 156 Å². The lowest BCUT2D eigenvalue weighted by Gasteiger charge is -2.18. The Morgan fingerprint density at radius 3 is 2.33 bits per heavy atom. The van der Waals surface area contributed by atoms with Crippen molar-refractivity contribution in [2.24, 2.45) is 0 Å². The van der Waals surface area contributed by atoms with Crippen molar-refractivity contribution in [3.05, 3.63) is 84.6 Å². The van der Waals surface area contributed by atoms with Gasteiger partial charge >= 0.3 is 0 Å². The summed E-state index contributed by atoms with van der Waals surface area (Å²) < 4.78 is 32.8. The van der Waals surface area contributed by atoms with Crippen LogP contribution in [-0.4, -0.2) is 23.0 Å². The van der Waals surface area contributed by atoms with Crippen molar-refractivity contribution in [2.75, 3.05) is 0 Å². The van der Waals surface area contributed by atoms with Gasteiger partial charge in [-0.25, -0.2) is 18.0 Å². The minimum atomic E-state index is -3.93. The van der Waals surface area contributed by atoms with Gasteiger partial charge in [0.15, 0.2) is 0 Å². The number of hydrogen-bond acceptors (Lipinski definition) is 4. The SMILES string of the molecule is C=C[n+]1ccn(-c2nc3ccccc3nc2[N-]S(=O)(=O)c2ccccc2)c1. The van der Waals surface area contributed by atoms with E-state index in [0.717, 1.165) is 0 Å². The molecule has 0 atom stereocenters. The fourth-order valence-corrected chi connectivity index (χ4v) is 3.53. The number of benzene rings is 2. The molecular formula is C19H15N5O2S. The average molecular weight is 377 g/mol. The third-order valence-electron chi connectivity index (χ3n) is 3.89. The summed E-state index contributed by atoms with van der Waals surface area (Å²) in [5, 5.41) is 0. The maximum absolute atomic E-state index is 12.7. The van der Waals surface area contributed by atoms with E-state index in [9.17, 15) is 8.42 Å². The van der Waals surface area contributed by atoms with Crippen molar-refractivity contribution in [2.45, 2.75) is 4.90 Å². The van der Waals surface area contributed by atoms with Crippen LogP contribution in [0.5, 0.6) is 0 Å². The molecule has 0 aliphatic heterocycles. The molecule has 0 N–H and O–H groups in total. The van der Waals surface area contributed by atoms with Crippen LogP contribution in [0.1, 0.15) is 0 Å². The molecular weight excluding hydrogens is 362 g/mol. The van der Waals surface area contributed by atoms with Gasteiger partial charge in [-0.15, -0.1) is 0 Å². The molecule has 0 saturated heterocycles. The van der Waals surface area contributed by atoms with Gasteiger partial charge in [-0.1, -0.05) is 43.0 Å². The molecule has 0 aliphatic rings. The molecule has 8 heteroatoms. The highest BCUT2D eigenvalue weighted by Gasteiger charge is 2.16. The van der Waals surface area contributed by atoms with Crippen LogP contribution in [0.2, 0.25) is 0 Å². The first-order chi connectivity index (χ1) is 13.1. The van der Waals surface area contributed by atoms with E-state index in [-0.39, 0.29) is 10.7 Å². The highest BCUT2D eigenvalue weighted by Crippen LogP contribution is 2.31. The third kappa shape index (κ3) is 3.30. The van der Waals surface area contributed by atoms with Gasteiger partial charge in [0.1, 0.15) is 12.4 Å². The van der Waals surface area contributed by atoms with Gasteiger partial charge in [0, 0.05) is 5.82 Å². The highest BCUT2D eigenvalue weighted by molar-refractivity contribution is 7.94. The molecule has 0 bridgehead atoms. The molecule has 134 valence electrons. The summed E-state index contributed by atoms with van der Waals surface area (Å²) in [7, 11) is -3.93. The van der Waals surface area contributed by atoms with E-state index >= 15 is 0 Å². The van der Waals surface area contributed by atoms with E-state index in [2.05, 4.69) is 21.3 Å². The molecule has 4 rings (SSSR count). The van der Waals surface area contributed by atoms with Crippen LogP contribution in [0.3, 0.4) is 0 Å². The fourth-order valence-electron chi connectivity index (χ4n) is 2.58. The predicted octanol–water partition coefficient (Wildman–Crippen LogP) is 3.20. The number of imidazole rings is 1. The number of nitrogens with zero attached hydrogens (tertiary/aromatic N) is 5. The Hall–Kier alpha value is -3.52. The van der Waals surface area contributed by atoms with E-state index in [4.69, 9.17) is 0 Å². The molecule has 0 aliphatic carbocycles. The highest BCUT2D eigenvalue weighted by atomic mass is 32.2. The zero-order valence-corrected chi connectivity index (χ0v) is 15.0. The Bertz CT molecular complexity index is 1230. The van der Waals surface area contributed by atoms with Gasteiger partial charge in [-0.05, 0) is 23.7 Å². The summed E-state index contributed by atoms with van der Waals surface area (Å²) in [6, 6.07) is 15.3. The van der Waals surface area contributed by atoms with E-state index in [1.807, 2.05) is 18.2 Å². The minimum absolute atomic E-state index is 0.0179. The zero-order valence-electron chi connectivity index (χ0n) is 14.2. The largest absolute Gasteiger partial charge is 0.429 e. The molecule has 2 aromatic carbocycles. The number of aromatic nitrogens is 4. The van der Waals surface area contributed by atoms with Crippen molar-refractivity contribution in [1.82, 2.24) is 14.5 Å². The summed E-state index contributed by atoms with van der Waals surface area (Å²) in [6.45, 7) is 3.70. The maximum atomic E-state index is 12.7. The van der Waals surface area contributed by atoms with E-state index < -0.39 is 10.0 Å². The van der Waals surface area contributed by atoms with Crippen LogP contribution in [0.4, 0.5) is 5.82 Å². The number of rotatable bonds is 5. The Morgan fingerprint density at radius 1 is 1.00 bits per heavy atom. The zero-order chi connectivity index (χ0) is 18.9. The molecule has 0 amide bonds. The number of sulfonamides is 1. The van der Waals surface area contributed by atoms with Gasteiger partial charge in [0.05, 0.1) is 16.6 Å². The molecule has 27 heavy (non-hydrogen) atoms. The number of fused-ring (bicyclic) bond motifs is 1. The first-order valence-corrected chi connectivity index (χ1v) is 9.52. The second kappa shape index (κ2) is 6.65. The number of para-hydroxylation sites is 2. The summed E-state index contributed by atoms with van der Waals surface area (Å²) in [5.41, 5.74) is 1.20. The van der Waals surface area contributed by atoms with Crippen LogP contribution in [0, 0.1) is 0 Å². The molecule has 0 fully saturated rings. The van der Waals surface area contributed by atoms with Gasteiger partial charge in [0.2, 0.25) is 15.8 Å². The van der Waals surface area contributed by atoms with Crippen molar-refractivity contribution >= 4 is 33.1 Å². The average Bonchev–Trinajstić information content (AvgIpc) is 3.17. The van der Waals surface area contributed by atoms with Crippen LogP contribution >= 0.6 is 0 Å². The normalized spacial score (nSPS) is 11.4. The van der Waals surface area contributed by atoms with E-state index in [0.29, 0.717) is 16.9 Å². The second-order valence-electron chi connectivity index (χ2n) is 5.69. The summed E-state index contributed by atoms with van der Waals surface area (Å²) in [5.74, 6) is 0.332. The molecule has 0 radical (unpaired) electrons. The van der Waals surface area contributed by atoms with Crippen LogP contribution in [0.15, 0.2) is 84.8 Å². The molecule has 7 nitrogen and oxygen atoms in total. The first-order valence-electron chi connectivity index (χ1n) is 8.08. The Balaban J connectivity index is 1.87. The first kappa shape index (κ1) is 16.9. The van der Waals surface area contributed by atoms with Gasteiger partial charge in [0.25, 0.3) is 6.33 Å². The molecule has 0 spiro atoms. The summed E-state index contributed by atoms with van der Waals surface area (Å²) in [6.07, 6.45) is 6.82. The van der Waals surface area contributed by atoms with Crippen molar-refractivity contribution < 1.29 is 13.0 Å². The van der Waals surface area contributed by atoms with Crippen molar-refractivity contribution in [1.29, 1.82) is 0 Å². The van der Waals surface area contributed by atoms with Crippen LogP contribution < -0.4 is 4.57 Å². The Kier molecular flexibility index (Phi) is 4.17. The number of hydrogen-bond donors (Lipinski definition) is 0. The monoisotopic (exact) mass is 377 g/mol. The Morgan fingerprint density at radius 2 is 1.67 bits per heavy atom. The summed E-state index contributed by atoms with van der Waals surface area (Å²) >= 11 is 0. The van der Waals surface area contributed by atoms with E-state index in [1.54, 1.807) is 58.3 Å². The minimum Gasteiger partial charge on any atom is -0.429 e. The fraction of sp³-hybridized carbons (Fsp3) is 0. The molecule has 2 heterocycles. The lowest BCUT2D eigenvalue weighted by molar-refractivity contribution is -0.566. The molecule has 2 aromatic heterocycles. The molecule has 4 aromatic rings. The summed E-state index contributed by atoms with van der Waals surface area (Å²) in [4.78, 5) is 9.10. The smallest absolute Gasteiger partial charge is 0.254 e. The topological polar surface area (TPSA) is 82.8 Å². The van der Waals surface area contributed by atoms with Gasteiger partial charge < -0.3 is 9.71 Å².